The van der Waals surface area contributed by atoms with Crippen molar-refractivity contribution in [1.29, 1.82) is 0 Å². The second-order valence-corrected chi connectivity index (χ2v) is 5.29. The summed E-state index contributed by atoms with van der Waals surface area (Å²) in [4.78, 5) is 2.55. The fourth-order valence-corrected chi connectivity index (χ4v) is 3.13. The van der Waals surface area contributed by atoms with E-state index in [1.54, 1.807) is 0 Å². The number of fused-ring (bicyclic) bond motifs is 2. The van der Waals surface area contributed by atoms with E-state index < -0.39 is 0 Å². The Morgan fingerprint density at radius 2 is 1.94 bits per heavy atom. The molecule has 16 heavy (non-hydrogen) atoms. The molecule has 0 aliphatic carbocycles. The van der Waals surface area contributed by atoms with Gasteiger partial charge in [-0.2, -0.15) is 0 Å². The molecule has 94 valence electrons. The zero-order valence-corrected chi connectivity index (χ0v) is 10.7. The maximum absolute atomic E-state index is 5.39. The van der Waals surface area contributed by atoms with Crippen molar-refractivity contribution < 1.29 is 4.74 Å². The van der Waals surface area contributed by atoms with Gasteiger partial charge in [0, 0.05) is 37.9 Å². The quantitative estimate of drug-likeness (QED) is 0.697. The lowest BCUT2D eigenvalue weighted by molar-refractivity contribution is 0.118. The van der Waals surface area contributed by atoms with Gasteiger partial charge in [0.15, 0.2) is 0 Å². The van der Waals surface area contributed by atoms with Crippen LogP contribution in [0.25, 0.3) is 0 Å². The maximum Gasteiger partial charge on any atom is 0.0478 e. The lowest BCUT2D eigenvalue weighted by atomic mass is 9.98. The number of rotatable bonds is 6. The van der Waals surface area contributed by atoms with E-state index in [-0.39, 0.29) is 0 Å². The van der Waals surface area contributed by atoms with Gasteiger partial charge in [0.25, 0.3) is 0 Å². The van der Waals surface area contributed by atoms with Crippen molar-refractivity contribution in [1.82, 2.24) is 10.2 Å². The highest BCUT2D eigenvalue weighted by Crippen LogP contribution is 2.29. The lowest BCUT2D eigenvalue weighted by Gasteiger charge is -2.35. The van der Waals surface area contributed by atoms with Crippen LogP contribution in [-0.4, -0.2) is 49.8 Å². The van der Waals surface area contributed by atoms with Crippen molar-refractivity contribution >= 4 is 0 Å². The molecule has 2 heterocycles. The minimum atomic E-state index is 0.804. The summed E-state index contributed by atoms with van der Waals surface area (Å²) in [5, 5.41) is 3.70. The molecule has 2 unspecified atom stereocenters. The SMILES string of the molecule is CCOCCCN(C)C1CC2CCC(C1)N2. The highest BCUT2D eigenvalue weighted by Gasteiger charge is 2.34. The molecule has 0 saturated carbocycles. The van der Waals surface area contributed by atoms with E-state index in [1.165, 1.54) is 38.6 Å². The molecule has 0 aromatic heterocycles. The molecule has 2 aliphatic heterocycles. The number of nitrogens with one attached hydrogen (secondary N) is 1. The smallest absolute Gasteiger partial charge is 0.0478 e. The normalized spacial score (nSPS) is 33.6. The fourth-order valence-electron chi connectivity index (χ4n) is 3.13. The van der Waals surface area contributed by atoms with Crippen molar-refractivity contribution in [3.05, 3.63) is 0 Å². The molecule has 2 rings (SSSR count). The Kier molecular flexibility index (Phi) is 4.62. The molecule has 2 aliphatic rings. The molecule has 0 radical (unpaired) electrons. The van der Waals surface area contributed by atoms with Crippen LogP contribution < -0.4 is 5.32 Å². The molecule has 2 atom stereocenters. The van der Waals surface area contributed by atoms with Crippen molar-refractivity contribution in [2.24, 2.45) is 0 Å². The van der Waals surface area contributed by atoms with Gasteiger partial charge < -0.3 is 15.0 Å². The Hall–Kier alpha value is -0.120. The van der Waals surface area contributed by atoms with Crippen LogP contribution in [0, 0.1) is 0 Å². The van der Waals surface area contributed by atoms with Gasteiger partial charge in [-0.3, -0.25) is 0 Å². The van der Waals surface area contributed by atoms with Crippen molar-refractivity contribution in [3.8, 4) is 0 Å². The van der Waals surface area contributed by atoms with E-state index in [0.29, 0.717) is 0 Å². The largest absolute Gasteiger partial charge is 0.382 e. The van der Waals surface area contributed by atoms with Crippen LogP contribution in [-0.2, 0) is 4.74 Å². The molecule has 2 saturated heterocycles. The van der Waals surface area contributed by atoms with E-state index >= 15 is 0 Å². The molecule has 0 spiro atoms. The number of hydrogen-bond acceptors (Lipinski definition) is 3. The fraction of sp³-hybridized carbons (Fsp3) is 1.00. The van der Waals surface area contributed by atoms with Crippen LogP contribution in [0.2, 0.25) is 0 Å². The number of piperidine rings is 1. The third kappa shape index (κ3) is 3.19. The Bertz CT molecular complexity index is 198. The van der Waals surface area contributed by atoms with Gasteiger partial charge in [-0.05, 0) is 46.1 Å². The molecular formula is C13H26N2O. The molecule has 0 amide bonds. The highest BCUT2D eigenvalue weighted by atomic mass is 16.5. The standard InChI is InChI=1S/C13H26N2O/c1-3-16-8-4-7-15(2)13-9-11-5-6-12(10-13)14-11/h11-14H,3-10H2,1-2H3. The predicted octanol–water partition coefficient (Wildman–Crippen LogP) is 1.63. The van der Waals surface area contributed by atoms with E-state index in [9.17, 15) is 0 Å². The molecule has 0 aromatic carbocycles. The van der Waals surface area contributed by atoms with Crippen molar-refractivity contribution in [2.45, 2.75) is 57.2 Å². The summed E-state index contributed by atoms with van der Waals surface area (Å²) in [5.74, 6) is 0. The molecule has 3 heteroatoms. The van der Waals surface area contributed by atoms with Gasteiger partial charge in [0.2, 0.25) is 0 Å². The van der Waals surface area contributed by atoms with E-state index in [0.717, 1.165) is 31.3 Å². The monoisotopic (exact) mass is 226 g/mol. The average Bonchev–Trinajstić information content (AvgIpc) is 2.63. The topological polar surface area (TPSA) is 24.5 Å². The van der Waals surface area contributed by atoms with E-state index in [1.807, 2.05) is 0 Å². The van der Waals surface area contributed by atoms with Gasteiger partial charge in [0.05, 0.1) is 0 Å². The molecule has 2 bridgehead atoms. The highest BCUT2D eigenvalue weighted by molar-refractivity contribution is 4.95. The minimum Gasteiger partial charge on any atom is -0.382 e. The maximum atomic E-state index is 5.39. The summed E-state index contributed by atoms with van der Waals surface area (Å²) in [6.07, 6.45) is 6.66. The van der Waals surface area contributed by atoms with Crippen LogP contribution in [0.4, 0.5) is 0 Å². The molecule has 3 nitrogen and oxygen atoms in total. The Balaban J connectivity index is 1.67. The van der Waals surface area contributed by atoms with Crippen LogP contribution in [0.15, 0.2) is 0 Å². The summed E-state index contributed by atoms with van der Waals surface area (Å²) >= 11 is 0. The third-order valence-electron chi connectivity index (χ3n) is 4.08. The zero-order valence-electron chi connectivity index (χ0n) is 10.7. The number of ether oxygens (including phenoxy) is 1. The Labute approximate surface area is 99.5 Å². The van der Waals surface area contributed by atoms with Gasteiger partial charge in [-0.1, -0.05) is 0 Å². The van der Waals surface area contributed by atoms with Gasteiger partial charge in [0.1, 0.15) is 0 Å². The Morgan fingerprint density at radius 3 is 2.56 bits per heavy atom. The lowest BCUT2D eigenvalue weighted by Crippen LogP contribution is -2.47. The van der Waals surface area contributed by atoms with Crippen molar-refractivity contribution in [2.75, 3.05) is 26.8 Å². The van der Waals surface area contributed by atoms with Crippen LogP contribution in [0.5, 0.6) is 0 Å². The van der Waals surface area contributed by atoms with Gasteiger partial charge in [-0.25, -0.2) is 0 Å². The molecular weight excluding hydrogens is 200 g/mol. The summed E-state index contributed by atoms with van der Waals surface area (Å²) in [7, 11) is 2.28. The zero-order chi connectivity index (χ0) is 11.4. The van der Waals surface area contributed by atoms with Crippen LogP contribution in [0.1, 0.15) is 39.0 Å². The number of hydrogen-bond donors (Lipinski definition) is 1. The van der Waals surface area contributed by atoms with Gasteiger partial charge in [-0.15, -0.1) is 0 Å². The first-order valence-corrected chi connectivity index (χ1v) is 6.83. The summed E-state index contributed by atoms with van der Waals surface area (Å²) in [5.41, 5.74) is 0. The predicted molar refractivity (Wildman–Crippen MR) is 66.7 cm³/mol. The summed E-state index contributed by atoms with van der Waals surface area (Å²) in [6.45, 7) is 5.01. The molecule has 0 aromatic rings. The average molecular weight is 226 g/mol. The first kappa shape index (κ1) is 12.3. The molecule has 1 N–H and O–H groups in total. The van der Waals surface area contributed by atoms with Crippen molar-refractivity contribution in [3.63, 3.8) is 0 Å². The molecule has 2 fully saturated rings. The minimum absolute atomic E-state index is 0.804. The first-order valence-electron chi connectivity index (χ1n) is 6.83. The Morgan fingerprint density at radius 1 is 1.25 bits per heavy atom. The second-order valence-electron chi connectivity index (χ2n) is 5.29. The van der Waals surface area contributed by atoms with Crippen LogP contribution in [0.3, 0.4) is 0 Å². The second kappa shape index (κ2) is 5.99. The van der Waals surface area contributed by atoms with E-state index in [2.05, 4.69) is 24.2 Å². The number of nitrogens with zero attached hydrogens (tertiary/aromatic N) is 1. The first-order chi connectivity index (χ1) is 7.79. The van der Waals surface area contributed by atoms with Gasteiger partial charge >= 0.3 is 0 Å². The summed E-state index contributed by atoms with van der Waals surface area (Å²) < 4.78 is 5.39. The van der Waals surface area contributed by atoms with E-state index in [4.69, 9.17) is 4.74 Å². The van der Waals surface area contributed by atoms with Crippen LogP contribution >= 0.6 is 0 Å². The third-order valence-corrected chi connectivity index (χ3v) is 4.08. The summed E-state index contributed by atoms with van der Waals surface area (Å²) in [6, 6.07) is 2.41.